The Balaban J connectivity index is 2.17. The summed E-state index contributed by atoms with van der Waals surface area (Å²) < 4.78 is 0. The fraction of sp³-hybridized carbons (Fsp3) is 0.200. The lowest BCUT2D eigenvalue weighted by atomic mass is 10.3. The zero-order valence-electron chi connectivity index (χ0n) is 6.66. The Morgan fingerprint density at radius 2 is 2.17 bits per heavy atom. The molecule has 0 saturated heterocycles. The van der Waals surface area contributed by atoms with Crippen molar-refractivity contribution in [2.75, 3.05) is 11.4 Å². The molecule has 0 aromatic heterocycles. The van der Waals surface area contributed by atoms with Gasteiger partial charge in [-0.25, -0.2) is 0 Å². The van der Waals surface area contributed by atoms with Crippen LogP contribution in [0.15, 0.2) is 40.3 Å². The van der Waals surface area contributed by atoms with E-state index >= 15 is 0 Å². The van der Waals surface area contributed by atoms with Crippen molar-refractivity contribution < 1.29 is 0 Å². The van der Waals surface area contributed by atoms with Crippen molar-refractivity contribution in [1.82, 2.24) is 0 Å². The van der Waals surface area contributed by atoms with Crippen LogP contribution < -0.4 is 4.90 Å². The Morgan fingerprint density at radius 1 is 1.25 bits per heavy atom. The van der Waals surface area contributed by atoms with E-state index in [9.17, 15) is 0 Å². The van der Waals surface area contributed by atoms with E-state index in [2.05, 4.69) is 35.2 Å². The fourth-order valence-corrected chi connectivity index (χ4v) is 2.91. The third kappa shape index (κ3) is 0.758. The number of para-hydroxylation sites is 1. The normalized spacial score (nSPS) is 19.0. The number of nitrogens with zero attached hydrogens (tertiary/aromatic N) is 1. The largest absolute Gasteiger partial charge is 0.335 e. The van der Waals surface area contributed by atoms with Gasteiger partial charge in [-0.3, -0.25) is 0 Å². The Hall–Kier alpha value is -0.890. The smallest absolute Gasteiger partial charge is 0.0761 e. The molecule has 2 heteroatoms. The van der Waals surface area contributed by atoms with Crippen LogP contribution in [0.25, 0.3) is 0 Å². The molecule has 0 spiro atoms. The first-order valence-corrected chi connectivity index (χ1v) is 5.01. The molecule has 12 heavy (non-hydrogen) atoms. The lowest BCUT2D eigenvalue weighted by Gasteiger charge is -2.13. The van der Waals surface area contributed by atoms with Crippen molar-refractivity contribution in [2.24, 2.45) is 0 Å². The van der Waals surface area contributed by atoms with Crippen LogP contribution in [0.3, 0.4) is 0 Å². The van der Waals surface area contributed by atoms with Gasteiger partial charge in [0.05, 0.1) is 10.7 Å². The molecule has 60 valence electrons. The summed E-state index contributed by atoms with van der Waals surface area (Å²) in [6.07, 6.45) is 3.53. The SMILES string of the molecule is C1=C2Sc3ccccc3N2CC1. The van der Waals surface area contributed by atoms with Crippen LogP contribution in [0, 0.1) is 0 Å². The van der Waals surface area contributed by atoms with E-state index in [1.54, 1.807) is 0 Å². The number of rotatable bonds is 0. The Kier molecular flexibility index (Phi) is 1.27. The Morgan fingerprint density at radius 3 is 3.17 bits per heavy atom. The van der Waals surface area contributed by atoms with Gasteiger partial charge in [0.2, 0.25) is 0 Å². The predicted molar refractivity (Wildman–Crippen MR) is 52.3 cm³/mol. The minimum Gasteiger partial charge on any atom is -0.335 e. The number of anilines is 1. The van der Waals surface area contributed by atoms with Crippen LogP contribution in [0.2, 0.25) is 0 Å². The highest BCUT2D eigenvalue weighted by Gasteiger charge is 2.26. The van der Waals surface area contributed by atoms with Gasteiger partial charge in [0.25, 0.3) is 0 Å². The van der Waals surface area contributed by atoms with E-state index in [0.29, 0.717) is 0 Å². The maximum Gasteiger partial charge on any atom is 0.0761 e. The lowest BCUT2D eigenvalue weighted by Crippen LogP contribution is -2.12. The molecular weight excluding hydrogens is 166 g/mol. The second-order valence-corrected chi connectivity index (χ2v) is 4.11. The minimum absolute atomic E-state index is 1.17. The Labute approximate surface area is 76.1 Å². The van der Waals surface area contributed by atoms with E-state index in [4.69, 9.17) is 0 Å². The first kappa shape index (κ1) is 6.61. The summed E-state index contributed by atoms with van der Waals surface area (Å²) in [6, 6.07) is 8.61. The van der Waals surface area contributed by atoms with Gasteiger partial charge in [0.1, 0.15) is 0 Å². The average molecular weight is 175 g/mol. The predicted octanol–water partition coefficient (Wildman–Crippen LogP) is 2.84. The molecule has 0 N–H and O–H groups in total. The van der Waals surface area contributed by atoms with Crippen molar-refractivity contribution >= 4 is 17.4 Å². The number of hydrogen-bond acceptors (Lipinski definition) is 2. The maximum absolute atomic E-state index is 2.40. The second-order valence-electron chi connectivity index (χ2n) is 3.05. The molecule has 3 rings (SSSR count). The number of benzene rings is 1. The first-order chi connectivity index (χ1) is 5.95. The summed E-state index contributed by atoms with van der Waals surface area (Å²) in [6.45, 7) is 1.17. The van der Waals surface area contributed by atoms with Crippen LogP contribution in [0.5, 0.6) is 0 Å². The molecule has 2 aliphatic rings. The highest BCUT2D eigenvalue weighted by Crippen LogP contribution is 2.47. The van der Waals surface area contributed by atoms with Gasteiger partial charge in [-0.2, -0.15) is 0 Å². The van der Waals surface area contributed by atoms with Crippen molar-refractivity contribution in [3.63, 3.8) is 0 Å². The summed E-state index contributed by atoms with van der Waals surface area (Å²) in [5.41, 5.74) is 1.39. The van der Waals surface area contributed by atoms with Crippen molar-refractivity contribution in [3.05, 3.63) is 35.4 Å². The summed E-state index contributed by atoms with van der Waals surface area (Å²) in [7, 11) is 0. The van der Waals surface area contributed by atoms with E-state index in [-0.39, 0.29) is 0 Å². The topological polar surface area (TPSA) is 3.24 Å². The molecule has 0 bridgehead atoms. The third-order valence-corrected chi connectivity index (χ3v) is 3.47. The van der Waals surface area contributed by atoms with E-state index in [1.807, 2.05) is 11.8 Å². The standard InChI is InChI=1S/C10H9NS/c1-2-5-9-8(4-1)11-7-3-6-10(11)12-9/h1-2,4-6H,3,7H2. The number of thioether (sulfide) groups is 1. The van der Waals surface area contributed by atoms with Crippen molar-refractivity contribution in [2.45, 2.75) is 11.3 Å². The van der Waals surface area contributed by atoms with Crippen LogP contribution in [-0.4, -0.2) is 6.54 Å². The molecular formula is C10H9NS. The van der Waals surface area contributed by atoms with Gasteiger partial charge in [0.15, 0.2) is 0 Å². The zero-order valence-corrected chi connectivity index (χ0v) is 7.47. The molecule has 0 unspecified atom stereocenters. The molecule has 0 amide bonds. The lowest BCUT2D eigenvalue weighted by molar-refractivity contribution is 0.990. The highest BCUT2D eigenvalue weighted by atomic mass is 32.2. The van der Waals surface area contributed by atoms with Gasteiger partial charge in [-0.15, -0.1) is 0 Å². The van der Waals surface area contributed by atoms with E-state index in [0.717, 1.165) is 0 Å². The molecule has 0 fully saturated rings. The van der Waals surface area contributed by atoms with Gasteiger partial charge in [0, 0.05) is 11.4 Å². The summed E-state index contributed by atoms with van der Waals surface area (Å²) in [4.78, 5) is 3.81. The van der Waals surface area contributed by atoms with Gasteiger partial charge < -0.3 is 4.90 Å². The van der Waals surface area contributed by atoms with Crippen LogP contribution in [-0.2, 0) is 0 Å². The van der Waals surface area contributed by atoms with E-state index in [1.165, 1.54) is 28.6 Å². The second kappa shape index (κ2) is 2.30. The van der Waals surface area contributed by atoms with Crippen LogP contribution >= 0.6 is 11.8 Å². The third-order valence-electron chi connectivity index (χ3n) is 2.31. The van der Waals surface area contributed by atoms with Crippen LogP contribution in [0.1, 0.15) is 6.42 Å². The molecule has 2 heterocycles. The molecule has 1 nitrogen and oxygen atoms in total. The molecule has 2 aliphatic heterocycles. The fourth-order valence-electron chi connectivity index (χ4n) is 1.75. The quantitative estimate of drug-likeness (QED) is 0.596. The first-order valence-electron chi connectivity index (χ1n) is 4.20. The molecule has 1 aromatic rings. The molecule has 0 aliphatic carbocycles. The van der Waals surface area contributed by atoms with Crippen molar-refractivity contribution in [3.8, 4) is 0 Å². The average Bonchev–Trinajstić information content (AvgIpc) is 2.62. The maximum atomic E-state index is 2.40. The van der Waals surface area contributed by atoms with Gasteiger partial charge in [-0.05, 0) is 18.6 Å². The monoisotopic (exact) mass is 175 g/mol. The zero-order chi connectivity index (χ0) is 7.97. The number of fused-ring (bicyclic) bond motifs is 3. The minimum atomic E-state index is 1.17. The molecule has 0 atom stereocenters. The highest BCUT2D eigenvalue weighted by molar-refractivity contribution is 8.03. The molecule has 1 aromatic carbocycles. The summed E-state index contributed by atoms with van der Waals surface area (Å²) >= 11 is 1.89. The number of hydrogen-bond donors (Lipinski definition) is 0. The van der Waals surface area contributed by atoms with Gasteiger partial charge >= 0.3 is 0 Å². The van der Waals surface area contributed by atoms with Crippen molar-refractivity contribution in [1.29, 1.82) is 0 Å². The van der Waals surface area contributed by atoms with E-state index < -0.39 is 0 Å². The summed E-state index contributed by atoms with van der Waals surface area (Å²) in [5, 5.41) is 1.43. The molecule has 0 saturated carbocycles. The van der Waals surface area contributed by atoms with Gasteiger partial charge in [-0.1, -0.05) is 30.0 Å². The summed E-state index contributed by atoms with van der Waals surface area (Å²) in [5.74, 6) is 0. The molecule has 0 radical (unpaired) electrons. The van der Waals surface area contributed by atoms with Crippen LogP contribution in [0.4, 0.5) is 5.69 Å². The Bertz CT molecular complexity index is 357.